The van der Waals surface area contributed by atoms with Crippen molar-refractivity contribution in [2.45, 2.75) is 18.6 Å². The van der Waals surface area contributed by atoms with Crippen LogP contribution in [0.1, 0.15) is 6.42 Å². The van der Waals surface area contributed by atoms with Crippen LogP contribution in [0.3, 0.4) is 0 Å². The number of rotatable bonds is 2. The Morgan fingerprint density at radius 3 is 2.94 bits per heavy atom. The maximum atomic E-state index is 12.8. The Hall–Kier alpha value is -1.08. The third-order valence-corrected chi connectivity index (χ3v) is 2.67. The van der Waals surface area contributed by atoms with Crippen LogP contribution in [0.15, 0.2) is 17.0 Å². The van der Waals surface area contributed by atoms with Gasteiger partial charge in [-0.2, -0.15) is 0 Å². The van der Waals surface area contributed by atoms with Crippen molar-refractivity contribution in [2.75, 3.05) is 11.9 Å². The lowest BCUT2D eigenvalue weighted by Gasteiger charge is -2.09. The van der Waals surface area contributed by atoms with Crippen LogP contribution in [0.25, 0.3) is 0 Å². The second-order valence-electron chi connectivity index (χ2n) is 3.51. The Bertz CT molecular complexity index is 386. The van der Waals surface area contributed by atoms with Gasteiger partial charge in [0, 0.05) is 13.0 Å². The summed E-state index contributed by atoms with van der Waals surface area (Å²) in [6.07, 6.45) is 2.17. The quantitative estimate of drug-likeness (QED) is 0.848. The molecule has 2 atom stereocenters. The van der Waals surface area contributed by atoms with E-state index in [1.165, 1.54) is 12.4 Å². The van der Waals surface area contributed by atoms with Gasteiger partial charge in [-0.05, 0) is 15.9 Å². The molecule has 5 nitrogen and oxygen atoms in total. The molecule has 1 fully saturated rings. The number of hydrogen-bond donors (Lipinski definition) is 2. The van der Waals surface area contributed by atoms with Gasteiger partial charge in [0.25, 0.3) is 0 Å². The van der Waals surface area contributed by atoms with E-state index in [-0.39, 0.29) is 18.9 Å². The maximum Gasteiger partial charge on any atom is 0.242 e. The molecule has 0 aromatic carbocycles. The van der Waals surface area contributed by atoms with Crippen LogP contribution in [0.5, 0.6) is 0 Å². The van der Waals surface area contributed by atoms with Crippen molar-refractivity contribution in [1.82, 2.24) is 15.3 Å². The summed E-state index contributed by atoms with van der Waals surface area (Å²) in [4.78, 5) is 19.5. The number of amides is 1. The van der Waals surface area contributed by atoms with Crippen molar-refractivity contribution in [2.24, 2.45) is 0 Å². The van der Waals surface area contributed by atoms with E-state index >= 15 is 0 Å². The SMILES string of the molecule is O=C(Nc1cnc(Br)cn1)[C@H]1C[C@H](F)CN1. The number of carbonyl (C=O) groups is 1. The summed E-state index contributed by atoms with van der Waals surface area (Å²) in [6.45, 7) is 0.226. The highest BCUT2D eigenvalue weighted by atomic mass is 79.9. The second-order valence-corrected chi connectivity index (χ2v) is 4.32. The third kappa shape index (κ3) is 2.73. The van der Waals surface area contributed by atoms with Crippen LogP contribution >= 0.6 is 15.9 Å². The van der Waals surface area contributed by atoms with Crippen molar-refractivity contribution in [3.63, 3.8) is 0 Å². The molecule has 1 saturated heterocycles. The van der Waals surface area contributed by atoms with E-state index < -0.39 is 12.2 Å². The molecule has 86 valence electrons. The molecule has 0 unspecified atom stereocenters. The molecule has 0 saturated carbocycles. The molecule has 1 aliphatic rings. The normalized spacial score (nSPS) is 24.4. The number of carbonyl (C=O) groups excluding carboxylic acids is 1. The molecule has 0 spiro atoms. The van der Waals surface area contributed by atoms with E-state index in [1.807, 2.05) is 0 Å². The Morgan fingerprint density at radius 1 is 1.56 bits per heavy atom. The molecule has 0 radical (unpaired) electrons. The zero-order chi connectivity index (χ0) is 11.5. The van der Waals surface area contributed by atoms with Crippen molar-refractivity contribution in [1.29, 1.82) is 0 Å². The largest absolute Gasteiger partial charge is 0.308 e. The molecule has 1 aliphatic heterocycles. The first-order valence-corrected chi connectivity index (χ1v) is 5.60. The standard InChI is InChI=1S/C9H10BrFN4O/c10-7-3-14-8(4-13-7)15-9(16)6-1-5(11)2-12-6/h3-6,12H,1-2H2,(H,14,15,16)/t5-,6+/m0/s1. The summed E-state index contributed by atoms with van der Waals surface area (Å²) >= 11 is 3.14. The highest BCUT2D eigenvalue weighted by Gasteiger charge is 2.29. The van der Waals surface area contributed by atoms with Crippen molar-refractivity contribution in [3.05, 3.63) is 17.0 Å². The number of aromatic nitrogens is 2. The van der Waals surface area contributed by atoms with Gasteiger partial charge in [-0.15, -0.1) is 0 Å². The third-order valence-electron chi connectivity index (χ3n) is 2.27. The van der Waals surface area contributed by atoms with Crippen molar-refractivity contribution < 1.29 is 9.18 Å². The fourth-order valence-corrected chi connectivity index (χ4v) is 1.69. The van der Waals surface area contributed by atoms with Gasteiger partial charge < -0.3 is 10.6 Å². The molecule has 2 N–H and O–H groups in total. The van der Waals surface area contributed by atoms with E-state index in [4.69, 9.17) is 0 Å². The molecule has 0 bridgehead atoms. The zero-order valence-electron chi connectivity index (χ0n) is 8.28. The first-order valence-electron chi connectivity index (χ1n) is 4.81. The Morgan fingerprint density at radius 2 is 2.38 bits per heavy atom. The van der Waals surface area contributed by atoms with E-state index in [0.717, 1.165) is 0 Å². The summed E-state index contributed by atoms with van der Waals surface area (Å²) in [7, 11) is 0. The van der Waals surface area contributed by atoms with Gasteiger partial charge in [-0.1, -0.05) is 0 Å². The van der Waals surface area contributed by atoms with Gasteiger partial charge in [0.2, 0.25) is 5.91 Å². The monoisotopic (exact) mass is 288 g/mol. The first kappa shape index (κ1) is 11.4. The molecule has 2 heterocycles. The second kappa shape index (κ2) is 4.84. The maximum absolute atomic E-state index is 12.8. The summed E-state index contributed by atoms with van der Waals surface area (Å²) in [6, 6.07) is -0.486. The average Bonchev–Trinajstić information content (AvgIpc) is 2.68. The minimum atomic E-state index is -0.952. The van der Waals surface area contributed by atoms with Crippen LogP contribution in [-0.4, -0.2) is 34.6 Å². The van der Waals surface area contributed by atoms with Crippen LogP contribution in [-0.2, 0) is 4.79 Å². The topological polar surface area (TPSA) is 66.9 Å². The summed E-state index contributed by atoms with van der Waals surface area (Å²) in [5, 5.41) is 5.36. The Kier molecular flexibility index (Phi) is 3.45. The van der Waals surface area contributed by atoms with Gasteiger partial charge >= 0.3 is 0 Å². The van der Waals surface area contributed by atoms with Gasteiger partial charge in [0.05, 0.1) is 18.4 Å². The van der Waals surface area contributed by atoms with E-state index in [0.29, 0.717) is 10.4 Å². The number of halogens is 2. The number of nitrogens with one attached hydrogen (secondary N) is 2. The van der Waals surface area contributed by atoms with E-state index in [9.17, 15) is 9.18 Å². The van der Waals surface area contributed by atoms with Gasteiger partial charge in [-0.25, -0.2) is 14.4 Å². The molecular weight excluding hydrogens is 279 g/mol. The fourth-order valence-electron chi connectivity index (χ4n) is 1.48. The van der Waals surface area contributed by atoms with Gasteiger partial charge in [0.15, 0.2) is 5.82 Å². The number of anilines is 1. The zero-order valence-corrected chi connectivity index (χ0v) is 9.87. The molecule has 1 amide bonds. The summed E-state index contributed by atoms with van der Waals surface area (Å²) < 4.78 is 13.4. The highest BCUT2D eigenvalue weighted by molar-refractivity contribution is 9.10. The number of hydrogen-bond acceptors (Lipinski definition) is 4. The highest BCUT2D eigenvalue weighted by Crippen LogP contribution is 2.12. The van der Waals surface area contributed by atoms with Crippen LogP contribution in [0, 0.1) is 0 Å². The lowest BCUT2D eigenvalue weighted by molar-refractivity contribution is -0.117. The number of alkyl halides is 1. The minimum absolute atomic E-state index is 0.204. The van der Waals surface area contributed by atoms with Crippen molar-refractivity contribution in [3.8, 4) is 0 Å². The van der Waals surface area contributed by atoms with Crippen molar-refractivity contribution >= 4 is 27.7 Å². The smallest absolute Gasteiger partial charge is 0.242 e. The predicted octanol–water partition coefficient (Wildman–Crippen LogP) is 0.878. The molecule has 2 rings (SSSR count). The predicted molar refractivity (Wildman–Crippen MR) is 59.7 cm³/mol. The van der Waals surface area contributed by atoms with Crippen LogP contribution in [0.4, 0.5) is 10.2 Å². The minimum Gasteiger partial charge on any atom is -0.308 e. The molecule has 16 heavy (non-hydrogen) atoms. The number of nitrogens with zero attached hydrogens (tertiary/aromatic N) is 2. The lowest BCUT2D eigenvalue weighted by atomic mass is 10.2. The first-order chi connectivity index (χ1) is 7.65. The van der Waals surface area contributed by atoms with E-state index in [1.54, 1.807) is 0 Å². The lowest BCUT2D eigenvalue weighted by Crippen LogP contribution is -2.35. The van der Waals surface area contributed by atoms with Crippen LogP contribution < -0.4 is 10.6 Å². The average molecular weight is 289 g/mol. The van der Waals surface area contributed by atoms with Gasteiger partial charge in [0.1, 0.15) is 10.8 Å². The van der Waals surface area contributed by atoms with Gasteiger partial charge in [-0.3, -0.25) is 4.79 Å². The molecule has 0 aliphatic carbocycles. The summed E-state index contributed by atoms with van der Waals surface area (Å²) in [5.74, 6) is 0.0779. The molecular formula is C9H10BrFN4O. The Balaban J connectivity index is 1.94. The summed E-state index contributed by atoms with van der Waals surface area (Å²) in [5.41, 5.74) is 0. The van der Waals surface area contributed by atoms with E-state index in [2.05, 4.69) is 36.5 Å². The molecule has 7 heteroatoms. The fraction of sp³-hybridized carbons (Fsp3) is 0.444. The van der Waals surface area contributed by atoms with Crippen LogP contribution in [0.2, 0.25) is 0 Å². The Labute approximate surface area is 100.0 Å². The molecule has 1 aromatic heterocycles. The molecule has 1 aromatic rings.